The second kappa shape index (κ2) is 11.0. The number of aryl methyl sites for hydroxylation is 2. The van der Waals surface area contributed by atoms with E-state index in [0.29, 0.717) is 0 Å². The maximum absolute atomic E-state index is 12.6. The Morgan fingerprint density at radius 1 is 0.906 bits per heavy atom. The number of hydrogen-bond acceptors (Lipinski definition) is 7. The average molecular weight is 446 g/mol. The third-order valence-electron chi connectivity index (χ3n) is 4.83. The molecule has 2 aromatic carbocycles. The zero-order valence-electron chi connectivity index (χ0n) is 17.6. The maximum Gasteiger partial charge on any atom is 0.344 e. The Labute approximate surface area is 184 Å². The summed E-state index contributed by atoms with van der Waals surface area (Å²) in [5.41, 5.74) is 1.20. The fourth-order valence-electron chi connectivity index (χ4n) is 3.22. The fourth-order valence-corrected chi connectivity index (χ4v) is 3.22. The third-order valence-corrected chi connectivity index (χ3v) is 4.83. The second-order valence-electron chi connectivity index (χ2n) is 7.35. The first-order valence-corrected chi connectivity index (χ1v) is 10.1. The Bertz CT molecular complexity index is 974. The molecular weight excluding hydrogens is 420 g/mol. The molecule has 32 heavy (non-hydrogen) atoms. The standard InChI is InChI=1S/C23H26O9/c1-2-3-14-6-4-13(10-17(14)25)5-7-16(24)22-18(26)11-15(12-19(22)27)32-20(23(30)31)8-9-21(28)29/h4,6,10-12,20,25-27H,2-3,5,7-9H2,1H3,(H,28,29)(H,30,31). The van der Waals surface area contributed by atoms with Crippen molar-refractivity contribution in [3.63, 3.8) is 0 Å². The number of hydrogen-bond donors (Lipinski definition) is 5. The van der Waals surface area contributed by atoms with Crippen LogP contribution in [0, 0.1) is 0 Å². The highest BCUT2D eigenvalue weighted by atomic mass is 16.5. The summed E-state index contributed by atoms with van der Waals surface area (Å²) in [5, 5.41) is 48.3. The SMILES string of the molecule is CCCc1ccc(CCC(=O)c2c(O)cc(OC(CCC(=O)O)C(=O)O)cc2O)cc1O. The van der Waals surface area contributed by atoms with E-state index >= 15 is 0 Å². The van der Waals surface area contributed by atoms with Crippen LogP contribution in [0.2, 0.25) is 0 Å². The number of aromatic hydroxyl groups is 3. The molecule has 0 heterocycles. The number of benzene rings is 2. The van der Waals surface area contributed by atoms with Crippen molar-refractivity contribution in [2.75, 3.05) is 0 Å². The molecule has 5 N–H and O–H groups in total. The molecular formula is C23H26O9. The van der Waals surface area contributed by atoms with Gasteiger partial charge in [-0.3, -0.25) is 9.59 Å². The maximum atomic E-state index is 12.6. The molecule has 0 aliphatic heterocycles. The molecule has 9 heteroatoms. The topological polar surface area (TPSA) is 162 Å². The van der Waals surface area contributed by atoms with Gasteiger partial charge in [0.2, 0.25) is 0 Å². The van der Waals surface area contributed by atoms with Gasteiger partial charge < -0.3 is 30.3 Å². The Hall–Kier alpha value is -3.75. The summed E-state index contributed by atoms with van der Waals surface area (Å²) in [6, 6.07) is 7.17. The Kier molecular flexibility index (Phi) is 8.46. The lowest BCUT2D eigenvalue weighted by Crippen LogP contribution is -2.27. The van der Waals surface area contributed by atoms with E-state index in [-0.39, 0.29) is 36.3 Å². The molecule has 172 valence electrons. The number of phenolic OH excluding ortho intramolecular Hbond substituents is 3. The van der Waals surface area contributed by atoms with Crippen LogP contribution < -0.4 is 4.74 Å². The first kappa shape index (κ1) is 24.5. The van der Waals surface area contributed by atoms with Crippen LogP contribution in [0.5, 0.6) is 23.0 Å². The summed E-state index contributed by atoms with van der Waals surface area (Å²) in [6.45, 7) is 2.00. The molecule has 0 aliphatic rings. The predicted molar refractivity (Wildman–Crippen MR) is 113 cm³/mol. The highest BCUT2D eigenvalue weighted by Crippen LogP contribution is 2.34. The molecule has 0 aromatic heterocycles. The average Bonchev–Trinajstić information content (AvgIpc) is 2.70. The van der Waals surface area contributed by atoms with E-state index in [1.165, 1.54) is 0 Å². The smallest absolute Gasteiger partial charge is 0.344 e. The number of carbonyl (C=O) groups excluding carboxylic acids is 1. The molecule has 0 radical (unpaired) electrons. The van der Waals surface area contributed by atoms with Gasteiger partial charge in [0.1, 0.15) is 28.6 Å². The fraction of sp³-hybridized carbons (Fsp3) is 0.348. The van der Waals surface area contributed by atoms with Crippen molar-refractivity contribution in [3.05, 3.63) is 47.0 Å². The third kappa shape index (κ3) is 6.63. The number of ketones is 1. The van der Waals surface area contributed by atoms with Crippen LogP contribution in [0.1, 0.15) is 54.1 Å². The van der Waals surface area contributed by atoms with Gasteiger partial charge in [0.15, 0.2) is 11.9 Å². The quantitative estimate of drug-likeness (QED) is 0.308. The Balaban J connectivity index is 2.10. The molecule has 0 amide bonds. The molecule has 0 bridgehead atoms. The van der Waals surface area contributed by atoms with Gasteiger partial charge in [-0.25, -0.2) is 4.79 Å². The molecule has 0 fully saturated rings. The van der Waals surface area contributed by atoms with Crippen molar-refractivity contribution in [1.29, 1.82) is 0 Å². The van der Waals surface area contributed by atoms with Gasteiger partial charge in [0.25, 0.3) is 0 Å². The summed E-state index contributed by atoms with van der Waals surface area (Å²) in [7, 11) is 0. The van der Waals surface area contributed by atoms with Gasteiger partial charge in [-0.2, -0.15) is 0 Å². The van der Waals surface area contributed by atoms with Gasteiger partial charge in [-0.15, -0.1) is 0 Å². The highest BCUT2D eigenvalue weighted by Gasteiger charge is 2.23. The molecule has 9 nitrogen and oxygen atoms in total. The molecule has 0 aliphatic carbocycles. The Morgan fingerprint density at radius 2 is 1.56 bits per heavy atom. The zero-order chi connectivity index (χ0) is 23.8. The number of ether oxygens (including phenoxy) is 1. The lowest BCUT2D eigenvalue weighted by atomic mass is 9.99. The molecule has 0 saturated heterocycles. The molecule has 0 saturated carbocycles. The van der Waals surface area contributed by atoms with Gasteiger partial charge in [-0.1, -0.05) is 25.5 Å². The van der Waals surface area contributed by atoms with Gasteiger partial charge in [-0.05, 0) is 30.0 Å². The number of Topliss-reactive ketones (excluding diaryl/α,β-unsaturated/α-hetero) is 1. The lowest BCUT2D eigenvalue weighted by Gasteiger charge is -2.16. The summed E-state index contributed by atoms with van der Waals surface area (Å²) >= 11 is 0. The number of carboxylic acids is 2. The minimum atomic E-state index is -1.50. The van der Waals surface area contributed by atoms with Gasteiger partial charge >= 0.3 is 11.9 Å². The van der Waals surface area contributed by atoms with Crippen molar-refractivity contribution in [2.45, 2.75) is 51.6 Å². The predicted octanol–water partition coefficient (Wildman–Crippen LogP) is 3.27. The van der Waals surface area contributed by atoms with Gasteiger partial charge in [0.05, 0.1) is 0 Å². The van der Waals surface area contributed by atoms with Crippen LogP contribution in [0.4, 0.5) is 0 Å². The van der Waals surface area contributed by atoms with Crippen LogP contribution in [0.25, 0.3) is 0 Å². The first-order chi connectivity index (χ1) is 15.1. The normalized spacial score (nSPS) is 11.7. The van der Waals surface area contributed by atoms with E-state index in [2.05, 4.69) is 0 Å². The van der Waals surface area contributed by atoms with Crippen molar-refractivity contribution in [1.82, 2.24) is 0 Å². The van der Waals surface area contributed by atoms with E-state index in [4.69, 9.17) is 14.9 Å². The summed E-state index contributed by atoms with van der Waals surface area (Å²) in [5.74, 6) is -4.39. The van der Waals surface area contributed by atoms with Crippen LogP contribution in [0.15, 0.2) is 30.3 Å². The van der Waals surface area contributed by atoms with Crippen LogP contribution in [-0.2, 0) is 22.4 Å². The van der Waals surface area contributed by atoms with E-state index < -0.39 is 41.7 Å². The number of carboxylic acid groups (broad SMARTS) is 2. The molecule has 0 spiro atoms. The van der Waals surface area contributed by atoms with Crippen molar-refractivity contribution >= 4 is 17.7 Å². The minimum Gasteiger partial charge on any atom is -0.508 e. The van der Waals surface area contributed by atoms with Gasteiger partial charge in [0, 0.05) is 31.4 Å². The zero-order valence-corrected chi connectivity index (χ0v) is 17.6. The first-order valence-electron chi connectivity index (χ1n) is 10.1. The van der Waals surface area contributed by atoms with E-state index in [9.17, 15) is 29.7 Å². The van der Waals surface area contributed by atoms with E-state index in [1.54, 1.807) is 18.2 Å². The summed E-state index contributed by atoms with van der Waals surface area (Å²) in [4.78, 5) is 34.5. The largest absolute Gasteiger partial charge is 0.508 e. The number of rotatable bonds is 12. The number of aliphatic carboxylic acids is 2. The van der Waals surface area contributed by atoms with Crippen LogP contribution in [-0.4, -0.2) is 49.4 Å². The van der Waals surface area contributed by atoms with E-state index in [0.717, 1.165) is 36.1 Å². The molecule has 2 rings (SSSR count). The van der Waals surface area contributed by atoms with Crippen molar-refractivity contribution in [3.8, 4) is 23.0 Å². The molecule has 2 aromatic rings. The summed E-state index contributed by atoms with van der Waals surface area (Å²) in [6.07, 6.45) is -0.431. The lowest BCUT2D eigenvalue weighted by molar-refractivity contribution is -0.146. The summed E-state index contributed by atoms with van der Waals surface area (Å²) < 4.78 is 5.17. The number of carbonyl (C=O) groups is 3. The van der Waals surface area contributed by atoms with E-state index in [1.807, 2.05) is 6.92 Å². The number of phenols is 3. The molecule has 1 atom stereocenters. The second-order valence-corrected chi connectivity index (χ2v) is 7.35. The molecule has 1 unspecified atom stereocenters. The Morgan fingerprint density at radius 3 is 2.09 bits per heavy atom. The van der Waals surface area contributed by atoms with Crippen molar-refractivity contribution in [2.24, 2.45) is 0 Å². The minimum absolute atomic E-state index is 0.0513. The van der Waals surface area contributed by atoms with Crippen molar-refractivity contribution < 1.29 is 44.7 Å². The highest BCUT2D eigenvalue weighted by molar-refractivity contribution is 6.01. The van der Waals surface area contributed by atoms with Crippen LogP contribution >= 0.6 is 0 Å². The van der Waals surface area contributed by atoms with Crippen LogP contribution in [0.3, 0.4) is 0 Å². The monoisotopic (exact) mass is 446 g/mol.